The molecule has 1 N–H and O–H groups in total. The first kappa shape index (κ1) is 14.8. The first-order chi connectivity index (χ1) is 8.58. The lowest BCUT2D eigenvalue weighted by atomic mass is 10.1. The van der Waals surface area contributed by atoms with E-state index in [9.17, 15) is 4.79 Å². The molecule has 1 aromatic rings. The van der Waals surface area contributed by atoms with Gasteiger partial charge in [-0.2, -0.15) is 0 Å². The molecule has 0 saturated heterocycles. The van der Waals surface area contributed by atoms with Crippen LogP contribution in [0.3, 0.4) is 0 Å². The van der Waals surface area contributed by atoms with Gasteiger partial charge in [0.15, 0.2) is 0 Å². The summed E-state index contributed by atoms with van der Waals surface area (Å²) in [5, 5.41) is 8.71. The highest BCUT2D eigenvalue weighted by Gasteiger charge is 2.08. The highest BCUT2D eigenvalue weighted by Crippen LogP contribution is 2.26. The maximum atomic E-state index is 10.6. The van der Waals surface area contributed by atoms with Crippen molar-refractivity contribution in [3.8, 4) is 0 Å². The second-order valence-electron chi connectivity index (χ2n) is 3.95. The number of rotatable bonds is 6. The van der Waals surface area contributed by atoms with Crippen molar-refractivity contribution < 1.29 is 9.90 Å². The van der Waals surface area contributed by atoms with Crippen LogP contribution in [0.15, 0.2) is 28.7 Å². The Morgan fingerprint density at radius 2 is 2.17 bits per heavy atom. The minimum Gasteiger partial charge on any atom is -0.478 e. The van der Waals surface area contributed by atoms with E-state index in [1.807, 2.05) is 18.2 Å². The van der Waals surface area contributed by atoms with Gasteiger partial charge in [-0.05, 0) is 37.1 Å². The standard InChI is InChI=1S/C14H18BrNO2/c1-3-9-16(4-2)13-10-12(15)7-5-11(13)6-8-14(17)18/h5-8,10H,3-4,9H2,1-2H3,(H,17,18)/b8-6+. The van der Waals surface area contributed by atoms with Crippen LogP contribution in [0.4, 0.5) is 5.69 Å². The Bertz CT molecular complexity index is 443. The number of hydrogen-bond acceptors (Lipinski definition) is 2. The first-order valence-electron chi connectivity index (χ1n) is 6.04. The molecule has 0 spiro atoms. The summed E-state index contributed by atoms with van der Waals surface area (Å²) in [5.41, 5.74) is 1.99. The number of anilines is 1. The molecule has 3 nitrogen and oxygen atoms in total. The van der Waals surface area contributed by atoms with Gasteiger partial charge in [-0.25, -0.2) is 4.79 Å². The zero-order chi connectivity index (χ0) is 13.5. The van der Waals surface area contributed by atoms with Crippen molar-refractivity contribution in [2.45, 2.75) is 20.3 Å². The number of carbonyl (C=O) groups is 1. The molecule has 4 heteroatoms. The lowest BCUT2D eigenvalue weighted by molar-refractivity contribution is -0.131. The molecule has 0 bridgehead atoms. The smallest absolute Gasteiger partial charge is 0.328 e. The lowest BCUT2D eigenvalue weighted by Crippen LogP contribution is -2.24. The number of carboxylic acids is 1. The van der Waals surface area contributed by atoms with Crippen LogP contribution in [-0.2, 0) is 4.79 Å². The summed E-state index contributed by atoms with van der Waals surface area (Å²) in [6.45, 7) is 6.09. The number of halogens is 1. The summed E-state index contributed by atoms with van der Waals surface area (Å²) in [6.07, 6.45) is 3.87. The van der Waals surface area contributed by atoms with E-state index in [0.29, 0.717) is 0 Å². The van der Waals surface area contributed by atoms with Crippen LogP contribution in [0.25, 0.3) is 6.08 Å². The van der Waals surface area contributed by atoms with Crippen LogP contribution in [0.1, 0.15) is 25.8 Å². The van der Waals surface area contributed by atoms with E-state index in [0.717, 1.165) is 35.2 Å². The number of benzene rings is 1. The van der Waals surface area contributed by atoms with Crippen molar-refractivity contribution in [3.63, 3.8) is 0 Å². The van der Waals surface area contributed by atoms with Crippen molar-refractivity contribution in [1.29, 1.82) is 0 Å². The van der Waals surface area contributed by atoms with Gasteiger partial charge >= 0.3 is 5.97 Å². The van der Waals surface area contributed by atoms with Gasteiger partial charge in [0, 0.05) is 29.3 Å². The van der Waals surface area contributed by atoms with Gasteiger partial charge in [-0.1, -0.05) is 28.9 Å². The van der Waals surface area contributed by atoms with Crippen molar-refractivity contribution in [3.05, 3.63) is 34.3 Å². The zero-order valence-corrected chi connectivity index (χ0v) is 12.3. The van der Waals surface area contributed by atoms with Crippen molar-refractivity contribution in [2.24, 2.45) is 0 Å². The Hall–Kier alpha value is -1.29. The first-order valence-corrected chi connectivity index (χ1v) is 6.83. The molecule has 0 atom stereocenters. The Morgan fingerprint density at radius 1 is 1.44 bits per heavy atom. The average Bonchev–Trinajstić information content (AvgIpc) is 2.34. The molecule has 0 aliphatic rings. The van der Waals surface area contributed by atoms with Gasteiger partial charge in [0.25, 0.3) is 0 Å². The fourth-order valence-electron chi connectivity index (χ4n) is 1.81. The van der Waals surface area contributed by atoms with Crippen LogP contribution in [-0.4, -0.2) is 24.2 Å². The summed E-state index contributed by atoms with van der Waals surface area (Å²) in [5.74, 6) is -0.928. The fourth-order valence-corrected chi connectivity index (χ4v) is 2.16. The highest BCUT2D eigenvalue weighted by atomic mass is 79.9. The molecule has 0 amide bonds. The van der Waals surface area contributed by atoms with E-state index in [1.165, 1.54) is 6.08 Å². The molecule has 0 aliphatic carbocycles. The lowest BCUT2D eigenvalue weighted by Gasteiger charge is -2.24. The molecule has 0 fully saturated rings. The van der Waals surface area contributed by atoms with Gasteiger partial charge < -0.3 is 10.0 Å². The normalized spacial score (nSPS) is 10.8. The summed E-state index contributed by atoms with van der Waals surface area (Å²) in [6, 6.07) is 5.88. The molecule has 98 valence electrons. The second-order valence-corrected chi connectivity index (χ2v) is 4.87. The van der Waals surface area contributed by atoms with Crippen LogP contribution in [0.5, 0.6) is 0 Å². The van der Waals surface area contributed by atoms with E-state index in [2.05, 4.69) is 34.7 Å². The predicted molar refractivity (Wildman–Crippen MR) is 79.0 cm³/mol. The molecular formula is C14H18BrNO2. The molecule has 0 unspecified atom stereocenters. The molecule has 0 aliphatic heterocycles. The van der Waals surface area contributed by atoms with E-state index in [1.54, 1.807) is 6.08 Å². The number of hydrogen-bond donors (Lipinski definition) is 1. The Balaban J connectivity index is 3.13. The van der Waals surface area contributed by atoms with Crippen molar-refractivity contribution in [2.75, 3.05) is 18.0 Å². The summed E-state index contributed by atoms with van der Waals surface area (Å²) >= 11 is 3.46. The molecule has 0 radical (unpaired) electrons. The molecule has 1 rings (SSSR count). The van der Waals surface area contributed by atoms with Crippen LogP contribution < -0.4 is 4.90 Å². The van der Waals surface area contributed by atoms with Gasteiger partial charge in [-0.3, -0.25) is 0 Å². The summed E-state index contributed by atoms with van der Waals surface area (Å²) in [4.78, 5) is 12.8. The minimum absolute atomic E-state index is 0.901. The third-order valence-corrected chi connectivity index (χ3v) is 3.11. The van der Waals surface area contributed by atoms with E-state index in [4.69, 9.17) is 5.11 Å². The predicted octanol–water partition coefficient (Wildman–Crippen LogP) is 3.78. The Morgan fingerprint density at radius 3 is 2.72 bits per heavy atom. The monoisotopic (exact) mass is 311 g/mol. The van der Waals surface area contributed by atoms with Crippen LogP contribution >= 0.6 is 15.9 Å². The SMILES string of the molecule is CCCN(CC)c1cc(Br)ccc1/C=C/C(=O)O. The number of nitrogens with zero attached hydrogens (tertiary/aromatic N) is 1. The Kier molecular flexibility index (Phi) is 5.92. The van der Waals surface area contributed by atoms with E-state index in [-0.39, 0.29) is 0 Å². The quantitative estimate of drug-likeness (QED) is 0.813. The third-order valence-electron chi connectivity index (χ3n) is 2.61. The molecule has 0 saturated carbocycles. The summed E-state index contributed by atoms with van der Waals surface area (Å²) in [7, 11) is 0. The van der Waals surface area contributed by atoms with Gasteiger partial charge in [0.1, 0.15) is 0 Å². The maximum Gasteiger partial charge on any atom is 0.328 e. The molecule has 0 aromatic heterocycles. The molecule has 1 aromatic carbocycles. The van der Waals surface area contributed by atoms with Gasteiger partial charge in [0.05, 0.1) is 0 Å². The summed E-state index contributed by atoms with van der Waals surface area (Å²) < 4.78 is 1.000. The highest BCUT2D eigenvalue weighted by molar-refractivity contribution is 9.10. The van der Waals surface area contributed by atoms with Gasteiger partial charge in [0.2, 0.25) is 0 Å². The second kappa shape index (κ2) is 7.21. The maximum absolute atomic E-state index is 10.6. The fraction of sp³-hybridized carbons (Fsp3) is 0.357. The van der Waals surface area contributed by atoms with E-state index >= 15 is 0 Å². The molecular weight excluding hydrogens is 294 g/mol. The van der Waals surface area contributed by atoms with Crippen molar-refractivity contribution in [1.82, 2.24) is 0 Å². The number of carboxylic acid groups (broad SMARTS) is 1. The largest absolute Gasteiger partial charge is 0.478 e. The molecule has 0 heterocycles. The van der Waals surface area contributed by atoms with Gasteiger partial charge in [-0.15, -0.1) is 0 Å². The Labute approximate surface area is 116 Å². The topological polar surface area (TPSA) is 40.5 Å². The zero-order valence-electron chi connectivity index (χ0n) is 10.7. The third kappa shape index (κ3) is 4.18. The van der Waals surface area contributed by atoms with E-state index < -0.39 is 5.97 Å². The average molecular weight is 312 g/mol. The minimum atomic E-state index is -0.928. The van der Waals surface area contributed by atoms with Crippen molar-refractivity contribution >= 4 is 33.7 Å². The van der Waals surface area contributed by atoms with Crippen LogP contribution in [0, 0.1) is 0 Å². The molecule has 18 heavy (non-hydrogen) atoms. The van der Waals surface area contributed by atoms with Crippen LogP contribution in [0.2, 0.25) is 0 Å². The number of aliphatic carboxylic acids is 1.